The van der Waals surface area contributed by atoms with Gasteiger partial charge in [0.2, 0.25) is 0 Å². The van der Waals surface area contributed by atoms with E-state index < -0.39 is 0 Å². The SMILES string of the molecule is COc1cc(C(=O)NCCN2C=CN(C)C2C)c(C)cc1N. The minimum absolute atomic E-state index is 0.111. The number of nitrogens with one attached hydrogen (secondary N) is 1. The van der Waals surface area contributed by atoms with Gasteiger partial charge in [-0.25, -0.2) is 0 Å². The van der Waals surface area contributed by atoms with Crippen molar-refractivity contribution in [3.63, 3.8) is 0 Å². The van der Waals surface area contributed by atoms with E-state index in [4.69, 9.17) is 10.5 Å². The number of nitrogen functional groups attached to an aromatic ring is 1. The van der Waals surface area contributed by atoms with Gasteiger partial charge in [-0.15, -0.1) is 0 Å². The molecule has 22 heavy (non-hydrogen) atoms. The lowest BCUT2D eigenvalue weighted by atomic mass is 10.1. The Morgan fingerprint density at radius 1 is 1.41 bits per heavy atom. The zero-order valence-electron chi connectivity index (χ0n) is 13.6. The van der Waals surface area contributed by atoms with E-state index >= 15 is 0 Å². The Bertz CT molecular complexity index is 586. The van der Waals surface area contributed by atoms with Crippen LogP contribution in [0.25, 0.3) is 0 Å². The van der Waals surface area contributed by atoms with Gasteiger partial charge in [0.15, 0.2) is 0 Å². The van der Waals surface area contributed by atoms with Crippen LogP contribution < -0.4 is 15.8 Å². The molecule has 0 saturated carbocycles. The molecule has 0 bridgehead atoms. The highest BCUT2D eigenvalue weighted by Gasteiger charge is 2.18. The molecule has 0 fully saturated rings. The summed E-state index contributed by atoms with van der Waals surface area (Å²) in [7, 11) is 3.57. The summed E-state index contributed by atoms with van der Waals surface area (Å²) in [5.41, 5.74) is 7.80. The quantitative estimate of drug-likeness (QED) is 0.804. The molecule has 120 valence electrons. The summed E-state index contributed by atoms with van der Waals surface area (Å²) in [5, 5.41) is 2.94. The number of hydrogen-bond acceptors (Lipinski definition) is 5. The summed E-state index contributed by atoms with van der Waals surface area (Å²) < 4.78 is 5.17. The molecule has 1 amide bonds. The molecule has 1 aliphatic heterocycles. The smallest absolute Gasteiger partial charge is 0.251 e. The standard InChI is InChI=1S/C16H24N4O2/c1-11-9-14(17)15(22-4)10-13(11)16(21)18-5-6-20-8-7-19(3)12(20)2/h7-10,12H,5-6,17H2,1-4H3,(H,18,21). The molecule has 0 radical (unpaired) electrons. The lowest BCUT2D eigenvalue weighted by Gasteiger charge is -2.27. The Kier molecular flexibility index (Phi) is 4.80. The summed E-state index contributed by atoms with van der Waals surface area (Å²) in [6.45, 7) is 5.33. The molecular formula is C16H24N4O2. The topological polar surface area (TPSA) is 70.8 Å². The fourth-order valence-electron chi connectivity index (χ4n) is 2.46. The number of nitrogens with two attached hydrogens (primary N) is 1. The van der Waals surface area contributed by atoms with Crippen molar-refractivity contribution < 1.29 is 9.53 Å². The molecule has 0 aromatic heterocycles. The first-order valence-electron chi connectivity index (χ1n) is 7.32. The Balaban J connectivity index is 1.94. The van der Waals surface area contributed by atoms with E-state index in [1.165, 1.54) is 0 Å². The van der Waals surface area contributed by atoms with Gasteiger partial charge < -0.3 is 25.6 Å². The van der Waals surface area contributed by atoms with Gasteiger partial charge in [0.05, 0.1) is 19.0 Å². The third-order valence-corrected chi connectivity index (χ3v) is 4.04. The first kappa shape index (κ1) is 16.0. The van der Waals surface area contributed by atoms with E-state index in [1.54, 1.807) is 19.2 Å². The number of nitrogens with zero attached hydrogens (tertiary/aromatic N) is 2. The Morgan fingerprint density at radius 3 is 2.73 bits per heavy atom. The summed E-state index contributed by atoms with van der Waals surface area (Å²) in [6, 6.07) is 3.44. The minimum Gasteiger partial charge on any atom is -0.495 e. The highest BCUT2D eigenvalue weighted by atomic mass is 16.5. The highest BCUT2D eigenvalue weighted by Crippen LogP contribution is 2.25. The van der Waals surface area contributed by atoms with E-state index in [1.807, 2.05) is 26.4 Å². The number of rotatable bonds is 5. The van der Waals surface area contributed by atoms with E-state index in [0.717, 1.165) is 12.1 Å². The molecule has 6 nitrogen and oxygen atoms in total. The van der Waals surface area contributed by atoms with Crippen LogP contribution in [0.1, 0.15) is 22.8 Å². The van der Waals surface area contributed by atoms with Crippen LogP contribution in [-0.2, 0) is 0 Å². The van der Waals surface area contributed by atoms with Crippen LogP contribution in [0.2, 0.25) is 0 Å². The van der Waals surface area contributed by atoms with E-state index in [-0.39, 0.29) is 5.91 Å². The maximum absolute atomic E-state index is 12.3. The van der Waals surface area contributed by atoms with Crippen LogP contribution in [0.3, 0.4) is 0 Å². The van der Waals surface area contributed by atoms with Gasteiger partial charge in [0.1, 0.15) is 5.75 Å². The third-order valence-electron chi connectivity index (χ3n) is 4.04. The molecule has 1 atom stereocenters. The van der Waals surface area contributed by atoms with Gasteiger partial charge in [-0.1, -0.05) is 0 Å². The van der Waals surface area contributed by atoms with Crippen LogP contribution in [-0.4, -0.2) is 49.1 Å². The maximum atomic E-state index is 12.3. The van der Waals surface area contributed by atoms with Crippen molar-refractivity contribution in [2.75, 3.05) is 33.0 Å². The van der Waals surface area contributed by atoms with Crippen molar-refractivity contribution in [1.29, 1.82) is 0 Å². The number of ether oxygens (including phenoxy) is 1. The molecular weight excluding hydrogens is 280 g/mol. The lowest BCUT2D eigenvalue weighted by molar-refractivity contribution is 0.0945. The van der Waals surface area contributed by atoms with Gasteiger partial charge in [-0.3, -0.25) is 4.79 Å². The van der Waals surface area contributed by atoms with Crippen LogP contribution >= 0.6 is 0 Å². The second-order valence-corrected chi connectivity index (χ2v) is 5.50. The van der Waals surface area contributed by atoms with Crippen LogP contribution in [0.5, 0.6) is 5.75 Å². The van der Waals surface area contributed by atoms with Gasteiger partial charge >= 0.3 is 0 Å². The van der Waals surface area contributed by atoms with Crippen LogP contribution in [0, 0.1) is 6.92 Å². The second kappa shape index (κ2) is 6.60. The van der Waals surface area contributed by atoms with Crippen molar-refractivity contribution >= 4 is 11.6 Å². The number of benzene rings is 1. The predicted octanol–water partition coefficient (Wildman–Crippen LogP) is 1.38. The Morgan fingerprint density at radius 2 is 2.14 bits per heavy atom. The third kappa shape index (κ3) is 3.27. The number of hydrogen-bond donors (Lipinski definition) is 2. The first-order chi connectivity index (χ1) is 10.4. The predicted molar refractivity (Wildman–Crippen MR) is 87.5 cm³/mol. The molecule has 0 spiro atoms. The first-order valence-corrected chi connectivity index (χ1v) is 7.32. The molecule has 6 heteroatoms. The number of anilines is 1. The molecule has 2 rings (SSSR count). The van der Waals surface area contributed by atoms with Crippen molar-refractivity contribution in [2.45, 2.75) is 20.0 Å². The number of carbonyl (C=O) groups excluding carboxylic acids is 1. The van der Waals surface area contributed by atoms with Crippen LogP contribution in [0.15, 0.2) is 24.5 Å². The molecule has 1 heterocycles. The second-order valence-electron chi connectivity index (χ2n) is 5.50. The fourth-order valence-corrected chi connectivity index (χ4v) is 2.46. The number of amides is 1. The number of methoxy groups -OCH3 is 1. The monoisotopic (exact) mass is 304 g/mol. The largest absolute Gasteiger partial charge is 0.495 e. The van der Waals surface area contributed by atoms with Gasteiger partial charge in [0.25, 0.3) is 5.91 Å². The Labute approximate surface area is 131 Å². The molecule has 1 aromatic rings. The van der Waals surface area contributed by atoms with E-state index in [0.29, 0.717) is 29.7 Å². The van der Waals surface area contributed by atoms with Gasteiger partial charge in [-0.2, -0.15) is 0 Å². The maximum Gasteiger partial charge on any atom is 0.251 e. The highest BCUT2D eigenvalue weighted by molar-refractivity contribution is 5.96. The Hall–Kier alpha value is -2.37. The van der Waals surface area contributed by atoms with Gasteiger partial charge in [-0.05, 0) is 31.5 Å². The van der Waals surface area contributed by atoms with Crippen molar-refractivity contribution in [1.82, 2.24) is 15.1 Å². The molecule has 1 unspecified atom stereocenters. The minimum atomic E-state index is -0.111. The van der Waals surface area contributed by atoms with E-state index in [2.05, 4.69) is 22.0 Å². The average Bonchev–Trinajstić information content (AvgIpc) is 2.79. The zero-order valence-corrected chi connectivity index (χ0v) is 13.6. The summed E-state index contributed by atoms with van der Waals surface area (Å²) in [5.74, 6) is 0.411. The normalized spacial score (nSPS) is 17.0. The molecule has 1 aromatic carbocycles. The summed E-state index contributed by atoms with van der Waals surface area (Å²) >= 11 is 0. The molecule has 0 aliphatic carbocycles. The zero-order chi connectivity index (χ0) is 16.3. The van der Waals surface area contributed by atoms with Crippen LogP contribution in [0.4, 0.5) is 5.69 Å². The van der Waals surface area contributed by atoms with E-state index in [9.17, 15) is 4.79 Å². The fraction of sp³-hybridized carbons (Fsp3) is 0.438. The summed E-state index contributed by atoms with van der Waals surface area (Å²) in [6.07, 6.45) is 4.38. The molecule has 0 saturated heterocycles. The summed E-state index contributed by atoms with van der Waals surface area (Å²) in [4.78, 5) is 16.6. The number of carbonyl (C=O) groups is 1. The van der Waals surface area contributed by atoms with Crippen molar-refractivity contribution in [2.24, 2.45) is 0 Å². The van der Waals surface area contributed by atoms with Crippen molar-refractivity contribution in [3.8, 4) is 5.75 Å². The molecule has 1 aliphatic rings. The molecule has 3 N–H and O–H groups in total. The van der Waals surface area contributed by atoms with Crippen molar-refractivity contribution in [3.05, 3.63) is 35.7 Å². The number of aryl methyl sites for hydroxylation is 1. The lowest BCUT2D eigenvalue weighted by Crippen LogP contribution is -2.39. The average molecular weight is 304 g/mol. The van der Waals surface area contributed by atoms with Gasteiger partial charge in [0, 0.05) is 38.1 Å².